The number of nitrogens with one attached hydrogen (secondary N) is 1. The van der Waals surface area contributed by atoms with Crippen molar-refractivity contribution in [3.63, 3.8) is 0 Å². The van der Waals surface area contributed by atoms with E-state index in [0.717, 1.165) is 41.9 Å². The lowest BCUT2D eigenvalue weighted by molar-refractivity contribution is -0.113. The van der Waals surface area contributed by atoms with Crippen LogP contribution in [0.25, 0.3) is 10.7 Å². The molecule has 0 aromatic carbocycles. The van der Waals surface area contributed by atoms with Gasteiger partial charge in [0.05, 0.1) is 23.3 Å². The maximum Gasteiger partial charge on any atom is 0.341 e. The zero-order valence-corrected chi connectivity index (χ0v) is 18.5. The number of hydrogen-bond acceptors (Lipinski definition) is 8. The second-order valence-corrected chi connectivity index (χ2v) is 9.58. The third-order valence-corrected chi connectivity index (χ3v) is 7.82. The molecule has 0 unspecified atom stereocenters. The highest BCUT2D eigenvalue weighted by Crippen LogP contribution is 2.38. The van der Waals surface area contributed by atoms with Crippen molar-refractivity contribution in [3.8, 4) is 10.7 Å². The number of fused-ring (bicyclic) bond motifs is 1. The summed E-state index contributed by atoms with van der Waals surface area (Å²) >= 11 is 4.40. The van der Waals surface area contributed by atoms with Crippen molar-refractivity contribution in [2.24, 2.45) is 7.05 Å². The molecule has 10 heteroatoms. The Morgan fingerprint density at radius 1 is 1.31 bits per heavy atom. The van der Waals surface area contributed by atoms with Gasteiger partial charge in [0.2, 0.25) is 5.91 Å². The van der Waals surface area contributed by atoms with E-state index in [1.807, 2.05) is 29.1 Å². The van der Waals surface area contributed by atoms with E-state index in [2.05, 4.69) is 15.5 Å². The normalized spacial score (nSPS) is 13.2. The fourth-order valence-corrected chi connectivity index (χ4v) is 6.07. The lowest BCUT2D eigenvalue weighted by Crippen LogP contribution is -2.16. The topological polar surface area (TPSA) is 86.1 Å². The number of ether oxygens (including phenoxy) is 1. The number of aryl methyl sites for hydroxylation is 1. The molecule has 1 aliphatic carbocycles. The Morgan fingerprint density at radius 2 is 2.14 bits per heavy atom. The molecule has 0 saturated heterocycles. The Bertz CT molecular complexity index is 1040. The summed E-state index contributed by atoms with van der Waals surface area (Å²) in [5.74, 6) is 0.391. The Kier molecular flexibility index (Phi) is 6.02. The van der Waals surface area contributed by atoms with Crippen molar-refractivity contribution in [1.29, 1.82) is 0 Å². The molecule has 152 valence electrons. The average molecular weight is 449 g/mol. The second-order valence-electron chi connectivity index (χ2n) is 6.59. The van der Waals surface area contributed by atoms with E-state index in [-0.39, 0.29) is 17.6 Å². The molecule has 0 radical (unpaired) electrons. The van der Waals surface area contributed by atoms with Gasteiger partial charge in [-0.15, -0.1) is 32.9 Å². The van der Waals surface area contributed by atoms with Crippen molar-refractivity contribution in [3.05, 3.63) is 33.5 Å². The Morgan fingerprint density at radius 3 is 2.90 bits per heavy atom. The third kappa shape index (κ3) is 4.10. The van der Waals surface area contributed by atoms with Crippen LogP contribution in [0.1, 0.15) is 33.6 Å². The second kappa shape index (κ2) is 8.68. The first-order valence-corrected chi connectivity index (χ1v) is 11.9. The zero-order valence-electron chi connectivity index (χ0n) is 16.1. The first kappa shape index (κ1) is 20.1. The number of nitrogens with zero attached hydrogens (tertiary/aromatic N) is 3. The Balaban J connectivity index is 1.46. The third-order valence-electron chi connectivity index (χ3n) is 4.72. The molecule has 0 fully saturated rings. The van der Waals surface area contributed by atoms with Gasteiger partial charge in [0.25, 0.3) is 0 Å². The van der Waals surface area contributed by atoms with Gasteiger partial charge >= 0.3 is 5.97 Å². The summed E-state index contributed by atoms with van der Waals surface area (Å²) in [5, 5.41) is 14.6. The Hall–Kier alpha value is -2.17. The number of amides is 1. The minimum absolute atomic E-state index is 0.180. The molecule has 1 aliphatic rings. The highest BCUT2D eigenvalue weighted by atomic mass is 32.2. The molecule has 7 nitrogen and oxygen atoms in total. The number of thioether (sulfide) groups is 1. The molecular weight excluding hydrogens is 428 g/mol. The van der Waals surface area contributed by atoms with Crippen LogP contribution in [0.4, 0.5) is 5.00 Å². The smallest absolute Gasteiger partial charge is 0.341 e. The minimum atomic E-state index is -0.388. The van der Waals surface area contributed by atoms with Crippen LogP contribution >= 0.6 is 34.4 Å². The van der Waals surface area contributed by atoms with Crippen LogP contribution in [-0.4, -0.2) is 39.5 Å². The van der Waals surface area contributed by atoms with Crippen LogP contribution < -0.4 is 5.32 Å². The van der Waals surface area contributed by atoms with Crippen LogP contribution in [-0.2, 0) is 29.4 Å². The van der Waals surface area contributed by atoms with Crippen molar-refractivity contribution < 1.29 is 14.3 Å². The van der Waals surface area contributed by atoms with Gasteiger partial charge in [-0.1, -0.05) is 17.8 Å². The van der Waals surface area contributed by atoms with Gasteiger partial charge in [-0.05, 0) is 42.7 Å². The molecular formula is C19H20N4O3S3. The van der Waals surface area contributed by atoms with E-state index in [1.54, 1.807) is 11.3 Å². The summed E-state index contributed by atoms with van der Waals surface area (Å²) in [6.07, 6.45) is 3.95. The fraction of sp³-hybridized carbons (Fsp3) is 0.368. The molecule has 0 saturated carbocycles. The molecule has 3 heterocycles. The molecule has 3 aromatic rings. The van der Waals surface area contributed by atoms with Gasteiger partial charge in [-0.25, -0.2) is 4.79 Å². The number of methoxy groups -OCH3 is 1. The Labute approximate surface area is 180 Å². The van der Waals surface area contributed by atoms with E-state index in [4.69, 9.17) is 4.74 Å². The number of hydrogen-bond donors (Lipinski definition) is 1. The largest absolute Gasteiger partial charge is 0.465 e. The summed E-state index contributed by atoms with van der Waals surface area (Å²) in [4.78, 5) is 27.1. The molecule has 1 N–H and O–H groups in total. The monoisotopic (exact) mass is 448 g/mol. The van der Waals surface area contributed by atoms with Crippen LogP contribution in [0.2, 0.25) is 0 Å². The van der Waals surface area contributed by atoms with Crippen LogP contribution in [0, 0.1) is 0 Å². The van der Waals surface area contributed by atoms with E-state index in [1.165, 1.54) is 35.1 Å². The number of aromatic nitrogens is 3. The number of esters is 1. The predicted molar refractivity (Wildman–Crippen MR) is 116 cm³/mol. The molecule has 0 aliphatic heterocycles. The number of rotatable bonds is 6. The van der Waals surface area contributed by atoms with Crippen molar-refractivity contribution in [2.75, 3.05) is 18.2 Å². The highest BCUT2D eigenvalue weighted by molar-refractivity contribution is 7.99. The van der Waals surface area contributed by atoms with Gasteiger partial charge in [-0.2, -0.15) is 0 Å². The van der Waals surface area contributed by atoms with Gasteiger partial charge in [0.15, 0.2) is 11.0 Å². The van der Waals surface area contributed by atoms with E-state index in [9.17, 15) is 9.59 Å². The molecule has 1 amide bonds. The molecule has 0 spiro atoms. The summed E-state index contributed by atoms with van der Waals surface area (Å²) < 4.78 is 6.84. The number of anilines is 1. The van der Waals surface area contributed by atoms with E-state index < -0.39 is 0 Å². The van der Waals surface area contributed by atoms with Gasteiger partial charge in [0, 0.05) is 11.9 Å². The van der Waals surface area contributed by atoms with Crippen LogP contribution in [0.3, 0.4) is 0 Å². The van der Waals surface area contributed by atoms with Crippen molar-refractivity contribution >= 4 is 51.3 Å². The first-order valence-electron chi connectivity index (χ1n) is 9.17. The first-order chi connectivity index (χ1) is 14.1. The standard InChI is InChI=1S/C19H20N4O3S3/c1-23-16(13-8-5-9-27-13)21-22-19(23)28-10-14(24)20-17-15(18(25)26-2)11-6-3-4-7-12(11)29-17/h5,8-9H,3-4,6-7,10H2,1-2H3,(H,20,24). The average Bonchev–Trinajstić information content (AvgIpc) is 3.44. The number of carbonyl (C=O) groups is 2. The summed E-state index contributed by atoms with van der Waals surface area (Å²) in [7, 11) is 3.26. The minimum Gasteiger partial charge on any atom is -0.465 e. The molecule has 3 aromatic heterocycles. The molecule has 29 heavy (non-hydrogen) atoms. The van der Waals surface area contributed by atoms with Crippen molar-refractivity contribution in [2.45, 2.75) is 30.8 Å². The quantitative estimate of drug-likeness (QED) is 0.453. The lowest BCUT2D eigenvalue weighted by Gasteiger charge is -2.11. The zero-order chi connectivity index (χ0) is 20.4. The summed E-state index contributed by atoms with van der Waals surface area (Å²) in [6, 6.07) is 3.96. The molecule has 0 bridgehead atoms. The van der Waals surface area contributed by atoms with Crippen molar-refractivity contribution in [1.82, 2.24) is 14.8 Å². The van der Waals surface area contributed by atoms with Crippen LogP contribution in [0.15, 0.2) is 22.7 Å². The van der Waals surface area contributed by atoms with Crippen LogP contribution in [0.5, 0.6) is 0 Å². The van der Waals surface area contributed by atoms with E-state index in [0.29, 0.717) is 15.7 Å². The fourth-order valence-electron chi connectivity index (χ4n) is 3.33. The predicted octanol–water partition coefficient (Wildman–Crippen LogP) is 4.00. The van der Waals surface area contributed by atoms with Gasteiger partial charge in [-0.3, -0.25) is 4.79 Å². The van der Waals surface area contributed by atoms with Gasteiger partial charge < -0.3 is 14.6 Å². The lowest BCUT2D eigenvalue weighted by atomic mass is 9.95. The number of thiophene rings is 2. The van der Waals surface area contributed by atoms with Gasteiger partial charge in [0.1, 0.15) is 5.00 Å². The van der Waals surface area contributed by atoms with E-state index >= 15 is 0 Å². The maximum atomic E-state index is 12.6. The highest BCUT2D eigenvalue weighted by Gasteiger charge is 2.27. The SMILES string of the molecule is COC(=O)c1c(NC(=O)CSc2nnc(-c3cccs3)n2C)sc2c1CCCC2. The summed E-state index contributed by atoms with van der Waals surface area (Å²) in [6.45, 7) is 0. The summed E-state index contributed by atoms with van der Waals surface area (Å²) in [5.41, 5.74) is 1.55. The molecule has 0 atom stereocenters. The molecule has 4 rings (SSSR count). The number of carbonyl (C=O) groups excluding carboxylic acids is 2. The maximum absolute atomic E-state index is 12.6.